The SMILES string of the molecule is COc1ccc(CN(C(=O)COc2ccc(C(C)(C)C)cc2)[C@@H]2CCS(=O)(=O)C2)cc1. The van der Waals surface area contributed by atoms with E-state index in [0.717, 1.165) is 11.3 Å². The Labute approximate surface area is 185 Å². The van der Waals surface area contributed by atoms with Crippen LogP contribution in [0.3, 0.4) is 0 Å². The molecule has 1 atom stereocenters. The minimum Gasteiger partial charge on any atom is -0.497 e. The van der Waals surface area contributed by atoms with Gasteiger partial charge in [-0.2, -0.15) is 0 Å². The van der Waals surface area contributed by atoms with Crippen molar-refractivity contribution in [3.63, 3.8) is 0 Å². The van der Waals surface area contributed by atoms with Crippen LogP contribution >= 0.6 is 0 Å². The minimum absolute atomic E-state index is 0.00479. The molecule has 31 heavy (non-hydrogen) atoms. The van der Waals surface area contributed by atoms with Crippen LogP contribution in [0.5, 0.6) is 11.5 Å². The number of benzene rings is 2. The van der Waals surface area contributed by atoms with Gasteiger partial charge < -0.3 is 14.4 Å². The van der Waals surface area contributed by atoms with E-state index in [4.69, 9.17) is 9.47 Å². The summed E-state index contributed by atoms with van der Waals surface area (Å²) in [6, 6.07) is 14.8. The maximum Gasteiger partial charge on any atom is 0.261 e. The first-order chi connectivity index (χ1) is 14.6. The first kappa shape index (κ1) is 23.1. The fraction of sp³-hybridized carbons (Fsp3) is 0.458. The molecule has 0 bridgehead atoms. The third-order valence-corrected chi connectivity index (χ3v) is 7.31. The zero-order valence-corrected chi connectivity index (χ0v) is 19.4. The van der Waals surface area contributed by atoms with Crippen molar-refractivity contribution < 1.29 is 22.7 Å². The van der Waals surface area contributed by atoms with Gasteiger partial charge in [-0.1, -0.05) is 45.0 Å². The number of rotatable bonds is 7. The molecule has 1 aliphatic rings. The molecule has 0 aromatic heterocycles. The molecule has 1 amide bonds. The Balaban J connectivity index is 1.71. The number of carbonyl (C=O) groups is 1. The monoisotopic (exact) mass is 445 g/mol. The van der Waals surface area contributed by atoms with Crippen LogP contribution in [0.2, 0.25) is 0 Å². The molecular formula is C24H31NO5S. The van der Waals surface area contributed by atoms with E-state index in [-0.39, 0.29) is 35.5 Å². The minimum atomic E-state index is -3.12. The Morgan fingerprint density at radius 3 is 2.16 bits per heavy atom. The topological polar surface area (TPSA) is 72.9 Å². The number of hydrogen-bond acceptors (Lipinski definition) is 5. The maximum absolute atomic E-state index is 13.0. The molecule has 0 unspecified atom stereocenters. The van der Waals surface area contributed by atoms with Gasteiger partial charge in [-0.3, -0.25) is 4.79 Å². The lowest BCUT2D eigenvalue weighted by Crippen LogP contribution is -2.43. The lowest BCUT2D eigenvalue weighted by Gasteiger charge is -2.28. The maximum atomic E-state index is 13.0. The van der Waals surface area contributed by atoms with Crippen LogP contribution in [0.25, 0.3) is 0 Å². The van der Waals surface area contributed by atoms with Crippen molar-refractivity contribution >= 4 is 15.7 Å². The van der Waals surface area contributed by atoms with Crippen LogP contribution in [0.4, 0.5) is 0 Å². The molecule has 1 heterocycles. The van der Waals surface area contributed by atoms with Crippen molar-refractivity contribution in [2.24, 2.45) is 0 Å². The highest BCUT2D eigenvalue weighted by molar-refractivity contribution is 7.91. The molecule has 7 heteroatoms. The van der Waals surface area contributed by atoms with Crippen LogP contribution in [0.1, 0.15) is 38.3 Å². The highest BCUT2D eigenvalue weighted by Crippen LogP contribution is 2.25. The van der Waals surface area contributed by atoms with E-state index in [1.165, 1.54) is 5.56 Å². The Morgan fingerprint density at radius 1 is 1.03 bits per heavy atom. The number of carbonyl (C=O) groups excluding carboxylic acids is 1. The molecule has 0 spiro atoms. The van der Waals surface area contributed by atoms with Gasteiger partial charge in [0.05, 0.1) is 18.6 Å². The van der Waals surface area contributed by atoms with Crippen LogP contribution in [0.15, 0.2) is 48.5 Å². The summed E-state index contributed by atoms with van der Waals surface area (Å²) in [7, 11) is -1.52. The summed E-state index contributed by atoms with van der Waals surface area (Å²) in [4.78, 5) is 14.7. The van der Waals surface area contributed by atoms with E-state index in [0.29, 0.717) is 18.7 Å². The summed E-state index contributed by atoms with van der Waals surface area (Å²) >= 11 is 0. The quantitative estimate of drug-likeness (QED) is 0.651. The van der Waals surface area contributed by atoms with E-state index in [9.17, 15) is 13.2 Å². The van der Waals surface area contributed by atoms with Gasteiger partial charge in [0, 0.05) is 12.6 Å². The van der Waals surface area contributed by atoms with Crippen LogP contribution < -0.4 is 9.47 Å². The lowest BCUT2D eigenvalue weighted by molar-refractivity contribution is -0.136. The zero-order chi connectivity index (χ0) is 22.6. The average molecular weight is 446 g/mol. The van der Waals surface area contributed by atoms with E-state index < -0.39 is 9.84 Å². The average Bonchev–Trinajstić information content (AvgIpc) is 3.09. The second-order valence-corrected chi connectivity index (χ2v) is 11.2. The molecule has 168 valence electrons. The molecule has 0 radical (unpaired) electrons. The Kier molecular flexibility index (Phi) is 6.94. The molecule has 1 aliphatic heterocycles. The number of sulfone groups is 1. The third kappa shape index (κ3) is 6.23. The molecule has 0 aliphatic carbocycles. The summed E-state index contributed by atoms with van der Waals surface area (Å²) in [6.07, 6.45) is 0.449. The number of nitrogens with zero attached hydrogens (tertiary/aromatic N) is 1. The largest absolute Gasteiger partial charge is 0.497 e. The van der Waals surface area contributed by atoms with Gasteiger partial charge >= 0.3 is 0 Å². The van der Waals surface area contributed by atoms with Gasteiger partial charge in [0.15, 0.2) is 16.4 Å². The van der Waals surface area contributed by atoms with Crippen LogP contribution in [-0.4, -0.2) is 50.5 Å². The van der Waals surface area contributed by atoms with Gasteiger partial charge in [0.2, 0.25) is 0 Å². The second kappa shape index (κ2) is 9.30. The first-order valence-corrected chi connectivity index (χ1v) is 12.3. The van der Waals surface area contributed by atoms with E-state index in [1.807, 2.05) is 48.5 Å². The Morgan fingerprint density at radius 2 is 1.65 bits per heavy atom. The summed E-state index contributed by atoms with van der Waals surface area (Å²) in [5.74, 6) is 1.23. The Bertz CT molecular complexity index is 992. The summed E-state index contributed by atoms with van der Waals surface area (Å²) in [6.45, 7) is 6.61. The molecule has 3 rings (SSSR count). The normalized spacial score (nSPS) is 17.9. The third-order valence-electron chi connectivity index (χ3n) is 5.56. The molecular weight excluding hydrogens is 414 g/mol. The fourth-order valence-electron chi connectivity index (χ4n) is 3.65. The van der Waals surface area contributed by atoms with Gasteiger partial charge in [-0.15, -0.1) is 0 Å². The summed E-state index contributed by atoms with van der Waals surface area (Å²) in [5, 5.41) is 0. The predicted molar refractivity (Wildman–Crippen MR) is 121 cm³/mol. The van der Waals surface area contributed by atoms with Crippen LogP contribution in [-0.2, 0) is 26.6 Å². The second-order valence-electron chi connectivity index (χ2n) is 8.99. The lowest BCUT2D eigenvalue weighted by atomic mass is 9.87. The molecule has 2 aromatic rings. The highest BCUT2D eigenvalue weighted by Gasteiger charge is 2.34. The molecule has 1 saturated heterocycles. The zero-order valence-electron chi connectivity index (χ0n) is 18.6. The molecule has 2 aromatic carbocycles. The van der Waals surface area contributed by atoms with E-state index >= 15 is 0 Å². The van der Waals surface area contributed by atoms with Gasteiger partial charge in [0.25, 0.3) is 5.91 Å². The number of amides is 1. The summed E-state index contributed by atoms with van der Waals surface area (Å²) in [5.41, 5.74) is 2.13. The standard InChI is InChI=1S/C24H31NO5S/c1-24(2,3)19-7-11-22(12-8-19)30-16-23(26)25(20-13-14-31(27,28)17-20)15-18-5-9-21(29-4)10-6-18/h5-12,20H,13-17H2,1-4H3/t20-/m1/s1. The van der Waals surface area contributed by atoms with Crippen molar-refractivity contribution in [3.8, 4) is 11.5 Å². The molecule has 0 saturated carbocycles. The smallest absolute Gasteiger partial charge is 0.261 e. The number of methoxy groups -OCH3 is 1. The van der Waals surface area contributed by atoms with E-state index in [1.54, 1.807) is 12.0 Å². The van der Waals surface area contributed by atoms with Crippen molar-refractivity contribution in [2.75, 3.05) is 25.2 Å². The van der Waals surface area contributed by atoms with Gasteiger partial charge in [-0.05, 0) is 47.2 Å². The van der Waals surface area contributed by atoms with Gasteiger partial charge in [0.1, 0.15) is 11.5 Å². The number of ether oxygens (including phenoxy) is 2. The fourth-order valence-corrected chi connectivity index (χ4v) is 5.38. The van der Waals surface area contributed by atoms with Gasteiger partial charge in [-0.25, -0.2) is 8.42 Å². The summed E-state index contributed by atoms with van der Waals surface area (Å²) < 4.78 is 34.9. The molecule has 6 nitrogen and oxygen atoms in total. The van der Waals surface area contributed by atoms with E-state index in [2.05, 4.69) is 20.8 Å². The number of hydrogen-bond donors (Lipinski definition) is 0. The van der Waals surface area contributed by atoms with Crippen molar-refractivity contribution in [2.45, 2.75) is 45.2 Å². The van der Waals surface area contributed by atoms with Crippen molar-refractivity contribution in [1.82, 2.24) is 4.90 Å². The molecule has 0 N–H and O–H groups in total. The predicted octanol–water partition coefficient (Wildman–Crippen LogP) is 3.59. The Hall–Kier alpha value is -2.54. The van der Waals surface area contributed by atoms with Crippen LogP contribution in [0, 0.1) is 0 Å². The highest BCUT2D eigenvalue weighted by atomic mass is 32.2. The van der Waals surface area contributed by atoms with Crippen molar-refractivity contribution in [3.05, 3.63) is 59.7 Å². The first-order valence-electron chi connectivity index (χ1n) is 10.4. The molecule has 1 fully saturated rings. The van der Waals surface area contributed by atoms with Crippen molar-refractivity contribution in [1.29, 1.82) is 0 Å².